The highest BCUT2D eigenvalue weighted by molar-refractivity contribution is 6.32. The molecule has 4 aromatic rings. The Morgan fingerprint density at radius 1 is 1.15 bits per heavy atom. The fourth-order valence-electron chi connectivity index (χ4n) is 2.94. The molecular weight excluding hydrogens is 364 g/mol. The van der Waals surface area contributed by atoms with Gasteiger partial charge in [-0.05, 0) is 43.7 Å². The number of furan rings is 1. The maximum Gasteiger partial charge on any atom is 0.209 e. The smallest absolute Gasteiger partial charge is 0.209 e. The molecule has 0 aliphatic rings. The molecule has 0 saturated carbocycles. The van der Waals surface area contributed by atoms with Gasteiger partial charge in [-0.25, -0.2) is 9.97 Å². The highest BCUT2D eigenvalue weighted by Gasteiger charge is 2.19. The SMILES string of the molecule is Cc1ccc(-c2nc3[nH]ccc(=O)c3nc2-c2cc(C)c(C#N)c(Cl)c2)o1. The number of pyridine rings is 1. The highest BCUT2D eigenvalue weighted by atomic mass is 35.5. The third-order valence-electron chi connectivity index (χ3n) is 4.23. The van der Waals surface area contributed by atoms with Gasteiger partial charge >= 0.3 is 0 Å². The Labute approximate surface area is 159 Å². The van der Waals surface area contributed by atoms with Gasteiger partial charge in [-0.15, -0.1) is 0 Å². The summed E-state index contributed by atoms with van der Waals surface area (Å²) in [6.07, 6.45) is 1.53. The molecule has 0 amide bonds. The number of halogens is 1. The molecule has 0 aliphatic carbocycles. The van der Waals surface area contributed by atoms with E-state index in [-0.39, 0.29) is 10.9 Å². The molecule has 0 aliphatic heterocycles. The monoisotopic (exact) mass is 376 g/mol. The van der Waals surface area contributed by atoms with Crippen molar-refractivity contribution in [2.75, 3.05) is 0 Å². The van der Waals surface area contributed by atoms with Crippen molar-refractivity contribution in [3.05, 3.63) is 68.7 Å². The van der Waals surface area contributed by atoms with Crippen LogP contribution in [0.5, 0.6) is 0 Å². The first-order valence-electron chi connectivity index (χ1n) is 8.15. The van der Waals surface area contributed by atoms with Crippen LogP contribution in [0.4, 0.5) is 0 Å². The molecule has 3 heterocycles. The van der Waals surface area contributed by atoms with Crippen LogP contribution in [-0.2, 0) is 0 Å². The first kappa shape index (κ1) is 17.0. The summed E-state index contributed by atoms with van der Waals surface area (Å²) >= 11 is 6.27. The van der Waals surface area contributed by atoms with Crippen LogP contribution in [0.15, 0.2) is 45.7 Å². The van der Waals surface area contributed by atoms with E-state index in [0.29, 0.717) is 44.5 Å². The maximum atomic E-state index is 12.2. The number of rotatable bonds is 2. The molecule has 0 spiro atoms. The molecule has 0 atom stereocenters. The Balaban J connectivity index is 2.08. The third-order valence-corrected chi connectivity index (χ3v) is 4.53. The van der Waals surface area contributed by atoms with Gasteiger partial charge in [-0.1, -0.05) is 11.6 Å². The summed E-state index contributed by atoms with van der Waals surface area (Å²) in [6.45, 7) is 3.63. The lowest BCUT2D eigenvalue weighted by Crippen LogP contribution is -2.06. The van der Waals surface area contributed by atoms with Crippen LogP contribution in [0, 0.1) is 25.2 Å². The topological polar surface area (TPSA) is 95.6 Å². The van der Waals surface area contributed by atoms with Crippen molar-refractivity contribution in [1.82, 2.24) is 15.0 Å². The normalized spacial score (nSPS) is 10.9. The second-order valence-corrected chi connectivity index (χ2v) is 6.54. The van der Waals surface area contributed by atoms with Crippen molar-refractivity contribution in [3.63, 3.8) is 0 Å². The lowest BCUT2D eigenvalue weighted by molar-refractivity contribution is 0.546. The average molecular weight is 377 g/mol. The van der Waals surface area contributed by atoms with Gasteiger partial charge in [0.15, 0.2) is 16.9 Å². The summed E-state index contributed by atoms with van der Waals surface area (Å²) in [5.74, 6) is 1.26. The Morgan fingerprint density at radius 3 is 2.63 bits per heavy atom. The molecule has 0 radical (unpaired) electrons. The zero-order valence-corrected chi connectivity index (χ0v) is 15.3. The van der Waals surface area contributed by atoms with Crippen molar-refractivity contribution in [2.45, 2.75) is 13.8 Å². The van der Waals surface area contributed by atoms with E-state index in [2.05, 4.69) is 21.0 Å². The summed E-state index contributed by atoms with van der Waals surface area (Å²) in [4.78, 5) is 24.3. The standard InChI is InChI=1S/C20H13ClN4O2/c1-10-7-12(8-14(21)13(10)9-22)17-19(16-4-3-11(2)27-16)25-20-18(24-17)15(26)5-6-23-20/h3-8H,1-2H3,(H,23,25,26). The van der Waals surface area contributed by atoms with E-state index in [1.807, 2.05) is 13.0 Å². The highest BCUT2D eigenvalue weighted by Crippen LogP contribution is 2.34. The number of nitrogens with zero attached hydrogens (tertiary/aromatic N) is 3. The number of fused-ring (bicyclic) bond motifs is 1. The number of aromatic amines is 1. The van der Waals surface area contributed by atoms with Crippen LogP contribution in [0.1, 0.15) is 16.9 Å². The number of hydrogen-bond acceptors (Lipinski definition) is 5. The summed E-state index contributed by atoms with van der Waals surface area (Å²) in [5.41, 5.74) is 3.06. The quantitative estimate of drug-likeness (QED) is 0.559. The van der Waals surface area contributed by atoms with E-state index in [0.717, 1.165) is 5.76 Å². The van der Waals surface area contributed by atoms with Crippen molar-refractivity contribution >= 4 is 22.8 Å². The van der Waals surface area contributed by atoms with E-state index >= 15 is 0 Å². The Morgan fingerprint density at radius 2 is 1.96 bits per heavy atom. The average Bonchev–Trinajstić information content (AvgIpc) is 3.07. The van der Waals surface area contributed by atoms with E-state index in [4.69, 9.17) is 16.0 Å². The molecule has 0 bridgehead atoms. The van der Waals surface area contributed by atoms with Crippen molar-refractivity contribution in [2.24, 2.45) is 0 Å². The lowest BCUT2D eigenvalue weighted by atomic mass is 10.0. The van der Waals surface area contributed by atoms with Gasteiger partial charge in [-0.3, -0.25) is 4.79 Å². The summed E-state index contributed by atoms with van der Waals surface area (Å²) in [6, 6.07) is 10.6. The van der Waals surface area contributed by atoms with Crippen molar-refractivity contribution < 1.29 is 4.42 Å². The van der Waals surface area contributed by atoms with E-state index in [1.54, 1.807) is 25.1 Å². The Hall–Kier alpha value is -3.43. The molecule has 0 fully saturated rings. The molecule has 4 rings (SSSR count). The van der Waals surface area contributed by atoms with Gasteiger partial charge in [-0.2, -0.15) is 5.26 Å². The number of nitrogens with one attached hydrogen (secondary N) is 1. The second-order valence-electron chi connectivity index (χ2n) is 6.13. The molecule has 1 aromatic carbocycles. The molecule has 6 nitrogen and oxygen atoms in total. The predicted molar refractivity (Wildman–Crippen MR) is 102 cm³/mol. The lowest BCUT2D eigenvalue weighted by Gasteiger charge is -2.10. The van der Waals surface area contributed by atoms with Gasteiger partial charge in [0.2, 0.25) is 5.43 Å². The van der Waals surface area contributed by atoms with Crippen LogP contribution >= 0.6 is 11.6 Å². The third kappa shape index (κ3) is 2.88. The van der Waals surface area contributed by atoms with Gasteiger partial charge < -0.3 is 9.40 Å². The maximum absolute atomic E-state index is 12.2. The minimum absolute atomic E-state index is 0.220. The summed E-state index contributed by atoms with van der Waals surface area (Å²) < 4.78 is 5.74. The number of hydrogen-bond donors (Lipinski definition) is 1. The molecule has 27 heavy (non-hydrogen) atoms. The first-order chi connectivity index (χ1) is 13.0. The minimum atomic E-state index is -0.240. The summed E-state index contributed by atoms with van der Waals surface area (Å²) in [7, 11) is 0. The van der Waals surface area contributed by atoms with Crippen LogP contribution in [-0.4, -0.2) is 15.0 Å². The fraction of sp³-hybridized carbons (Fsp3) is 0.100. The number of aromatic nitrogens is 3. The van der Waals surface area contributed by atoms with Crippen molar-refractivity contribution in [1.29, 1.82) is 5.26 Å². The zero-order valence-electron chi connectivity index (χ0n) is 14.5. The number of nitriles is 1. The first-order valence-corrected chi connectivity index (χ1v) is 8.52. The van der Waals surface area contributed by atoms with Crippen LogP contribution in [0.2, 0.25) is 5.02 Å². The molecule has 1 N–H and O–H groups in total. The van der Waals surface area contributed by atoms with Gasteiger partial charge in [0.05, 0.1) is 10.6 Å². The van der Waals surface area contributed by atoms with Gasteiger partial charge in [0.25, 0.3) is 0 Å². The second kappa shape index (κ2) is 6.38. The summed E-state index contributed by atoms with van der Waals surface area (Å²) in [5, 5.41) is 9.57. The Bertz CT molecular complexity index is 1270. The minimum Gasteiger partial charge on any atom is -0.460 e. The molecule has 7 heteroatoms. The largest absolute Gasteiger partial charge is 0.460 e. The fourth-order valence-corrected chi connectivity index (χ4v) is 3.25. The number of H-pyrrole nitrogens is 1. The van der Waals surface area contributed by atoms with Gasteiger partial charge in [0, 0.05) is 17.8 Å². The predicted octanol–water partition coefficient (Wildman–Crippen LogP) is 4.39. The van der Waals surface area contributed by atoms with Gasteiger partial charge in [0.1, 0.15) is 23.2 Å². The van der Waals surface area contributed by atoms with E-state index in [1.165, 1.54) is 12.3 Å². The van der Waals surface area contributed by atoms with E-state index < -0.39 is 0 Å². The van der Waals surface area contributed by atoms with Crippen LogP contribution in [0.25, 0.3) is 33.9 Å². The molecule has 132 valence electrons. The van der Waals surface area contributed by atoms with Crippen molar-refractivity contribution in [3.8, 4) is 28.8 Å². The number of aryl methyl sites for hydroxylation is 2. The molecule has 3 aromatic heterocycles. The zero-order chi connectivity index (χ0) is 19.1. The number of benzene rings is 1. The van der Waals surface area contributed by atoms with Crippen LogP contribution in [0.3, 0.4) is 0 Å². The van der Waals surface area contributed by atoms with E-state index in [9.17, 15) is 10.1 Å². The van der Waals surface area contributed by atoms with Crippen LogP contribution < -0.4 is 5.43 Å². The molecular formula is C20H13ClN4O2. The Kier molecular flexibility index (Phi) is 4.02. The molecule has 0 unspecified atom stereocenters. The molecule has 0 saturated heterocycles.